The van der Waals surface area contributed by atoms with Gasteiger partial charge in [-0.05, 0) is 55.1 Å². The molecule has 2 N–H and O–H groups in total. The molecular formula is C21H22ClN5O2S. The lowest BCUT2D eigenvalue weighted by molar-refractivity contribution is 0.0940. The first kappa shape index (κ1) is 21.9. The maximum absolute atomic E-state index is 12.7. The smallest absolute Gasteiger partial charge is 0.274 e. The maximum atomic E-state index is 12.7. The number of rotatable bonds is 8. The Balaban J connectivity index is 1.80. The van der Waals surface area contributed by atoms with Crippen molar-refractivity contribution < 1.29 is 9.59 Å². The van der Waals surface area contributed by atoms with E-state index in [4.69, 9.17) is 11.6 Å². The van der Waals surface area contributed by atoms with Crippen LogP contribution in [-0.2, 0) is 12.3 Å². The van der Waals surface area contributed by atoms with Gasteiger partial charge in [-0.15, -0.1) is 5.10 Å². The molecule has 0 spiro atoms. The molecule has 2 amide bonds. The van der Waals surface area contributed by atoms with Gasteiger partial charge in [-0.1, -0.05) is 28.9 Å². The van der Waals surface area contributed by atoms with Crippen LogP contribution in [0.1, 0.15) is 39.0 Å². The van der Waals surface area contributed by atoms with Crippen molar-refractivity contribution in [2.45, 2.75) is 19.2 Å². The molecule has 0 saturated carbocycles. The standard InChI is InChI=1S/C21H22ClN5O2S/c1-3-23-20(28)15-7-9-17(10-8-15)27-18(13-30-2)19(25-26-27)21(29)24-12-14-5-4-6-16(22)11-14/h4-11H,3,12-13H2,1-2H3,(H,23,28)(H,24,29). The van der Waals surface area contributed by atoms with E-state index in [1.807, 2.05) is 25.3 Å². The molecule has 0 atom stereocenters. The number of hydrogen-bond acceptors (Lipinski definition) is 5. The largest absolute Gasteiger partial charge is 0.352 e. The zero-order valence-corrected chi connectivity index (χ0v) is 18.3. The Kier molecular flexibility index (Phi) is 7.48. The van der Waals surface area contributed by atoms with Crippen molar-refractivity contribution in [2.75, 3.05) is 12.8 Å². The van der Waals surface area contributed by atoms with Crippen molar-refractivity contribution in [2.24, 2.45) is 0 Å². The second-order valence-corrected chi connectivity index (χ2v) is 7.75. The predicted octanol–water partition coefficient (Wildman–Crippen LogP) is 3.46. The van der Waals surface area contributed by atoms with Crippen LogP contribution in [0.15, 0.2) is 48.5 Å². The molecule has 0 saturated heterocycles. The summed E-state index contributed by atoms with van der Waals surface area (Å²) in [4.78, 5) is 24.7. The predicted molar refractivity (Wildman–Crippen MR) is 119 cm³/mol. The molecule has 9 heteroatoms. The fraction of sp³-hybridized carbons (Fsp3) is 0.238. The van der Waals surface area contributed by atoms with Crippen LogP contribution in [0, 0.1) is 0 Å². The zero-order valence-electron chi connectivity index (χ0n) is 16.7. The summed E-state index contributed by atoms with van der Waals surface area (Å²) >= 11 is 7.57. The van der Waals surface area contributed by atoms with Gasteiger partial charge in [0.15, 0.2) is 5.69 Å². The second-order valence-electron chi connectivity index (χ2n) is 6.45. The summed E-state index contributed by atoms with van der Waals surface area (Å²) in [6.07, 6.45) is 1.95. The molecule has 1 heterocycles. The highest BCUT2D eigenvalue weighted by Crippen LogP contribution is 2.19. The van der Waals surface area contributed by atoms with Crippen LogP contribution in [-0.4, -0.2) is 39.6 Å². The number of carbonyl (C=O) groups is 2. The van der Waals surface area contributed by atoms with Gasteiger partial charge in [0.1, 0.15) is 0 Å². The Morgan fingerprint density at radius 1 is 1.10 bits per heavy atom. The van der Waals surface area contributed by atoms with Crippen LogP contribution < -0.4 is 10.6 Å². The highest BCUT2D eigenvalue weighted by Gasteiger charge is 2.20. The van der Waals surface area contributed by atoms with Gasteiger partial charge in [-0.3, -0.25) is 9.59 Å². The van der Waals surface area contributed by atoms with Gasteiger partial charge in [0.05, 0.1) is 11.4 Å². The lowest BCUT2D eigenvalue weighted by atomic mass is 10.2. The van der Waals surface area contributed by atoms with Crippen LogP contribution in [0.4, 0.5) is 0 Å². The minimum absolute atomic E-state index is 0.131. The van der Waals surface area contributed by atoms with Gasteiger partial charge in [0.25, 0.3) is 11.8 Å². The van der Waals surface area contributed by atoms with E-state index in [0.717, 1.165) is 11.3 Å². The molecule has 1 aromatic heterocycles. The number of nitrogens with zero attached hydrogens (tertiary/aromatic N) is 3. The van der Waals surface area contributed by atoms with E-state index in [2.05, 4.69) is 20.9 Å². The first-order valence-electron chi connectivity index (χ1n) is 9.38. The summed E-state index contributed by atoms with van der Waals surface area (Å²) in [5, 5.41) is 14.5. The number of aromatic nitrogens is 3. The van der Waals surface area contributed by atoms with Crippen LogP contribution in [0.5, 0.6) is 0 Å². The normalized spacial score (nSPS) is 10.6. The molecule has 0 aliphatic carbocycles. The van der Waals surface area contributed by atoms with Gasteiger partial charge in [0, 0.05) is 29.4 Å². The Labute approximate surface area is 184 Å². The quantitative estimate of drug-likeness (QED) is 0.556. The van der Waals surface area contributed by atoms with Crippen molar-refractivity contribution in [1.29, 1.82) is 0 Å². The van der Waals surface area contributed by atoms with E-state index in [1.54, 1.807) is 52.8 Å². The Morgan fingerprint density at radius 3 is 2.53 bits per heavy atom. The molecule has 0 radical (unpaired) electrons. The Morgan fingerprint density at radius 2 is 1.87 bits per heavy atom. The van der Waals surface area contributed by atoms with Crippen molar-refractivity contribution in [1.82, 2.24) is 25.6 Å². The van der Waals surface area contributed by atoms with E-state index < -0.39 is 0 Å². The highest BCUT2D eigenvalue weighted by molar-refractivity contribution is 7.97. The van der Waals surface area contributed by atoms with E-state index in [-0.39, 0.29) is 17.5 Å². The third-order valence-electron chi connectivity index (χ3n) is 4.31. The number of hydrogen-bond donors (Lipinski definition) is 2. The van der Waals surface area contributed by atoms with E-state index in [9.17, 15) is 9.59 Å². The number of thioether (sulfide) groups is 1. The second kappa shape index (κ2) is 10.3. The molecule has 0 bridgehead atoms. The fourth-order valence-corrected chi connectivity index (χ4v) is 3.63. The first-order chi connectivity index (χ1) is 14.5. The van der Waals surface area contributed by atoms with Gasteiger partial charge >= 0.3 is 0 Å². The summed E-state index contributed by atoms with van der Waals surface area (Å²) in [7, 11) is 0. The molecule has 30 heavy (non-hydrogen) atoms. The average Bonchev–Trinajstić information content (AvgIpc) is 3.16. The number of nitrogens with one attached hydrogen (secondary N) is 2. The number of benzene rings is 2. The molecule has 0 aliphatic heterocycles. The maximum Gasteiger partial charge on any atom is 0.274 e. The van der Waals surface area contributed by atoms with Crippen LogP contribution in [0.3, 0.4) is 0 Å². The lowest BCUT2D eigenvalue weighted by Crippen LogP contribution is -2.24. The summed E-state index contributed by atoms with van der Waals surface area (Å²) in [5.41, 5.74) is 3.16. The number of amides is 2. The topological polar surface area (TPSA) is 88.9 Å². The molecule has 0 fully saturated rings. The van der Waals surface area contributed by atoms with Crippen molar-refractivity contribution in [3.05, 3.63) is 76.1 Å². The third-order valence-corrected chi connectivity index (χ3v) is 5.11. The zero-order chi connectivity index (χ0) is 21.5. The molecule has 2 aromatic carbocycles. The monoisotopic (exact) mass is 443 g/mol. The van der Waals surface area contributed by atoms with Crippen LogP contribution in [0.25, 0.3) is 5.69 Å². The molecule has 3 rings (SSSR count). The van der Waals surface area contributed by atoms with Gasteiger partial charge in [-0.2, -0.15) is 11.8 Å². The molecule has 0 unspecified atom stereocenters. The van der Waals surface area contributed by atoms with Gasteiger partial charge in [0.2, 0.25) is 0 Å². The first-order valence-corrected chi connectivity index (χ1v) is 11.2. The molecule has 0 aliphatic rings. The Hall–Kier alpha value is -2.84. The summed E-state index contributed by atoms with van der Waals surface area (Å²) < 4.78 is 1.63. The minimum atomic E-state index is -0.302. The average molecular weight is 444 g/mol. The molecule has 7 nitrogen and oxygen atoms in total. The molecular weight excluding hydrogens is 422 g/mol. The van der Waals surface area contributed by atoms with E-state index in [1.165, 1.54) is 0 Å². The summed E-state index contributed by atoms with van der Waals surface area (Å²) in [6.45, 7) is 2.77. The van der Waals surface area contributed by atoms with Gasteiger partial charge in [-0.25, -0.2) is 4.68 Å². The van der Waals surface area contributed by atoms with Crippen molar-refractivity contribution in [3.8, 4) is 5.69 Å². The van der Waals surface area contributed by atoms with Crippen LogP contribution >= 0.6 is 23.4 Å². The highest BCUT2D eigenvalue weighted by atomic mass is 35.5. The van der Waals surface area contributed by atoms with Crippen molar-refractivity contribution >= 4 is 35.2 Å². The number of halogens is 1. The van der Waals surface area contributed by atoms with E-state index >= 15 is 0 Å². The fourth-order valence-electron chi connectivity index (χ4n) is 2.88. The lowest BCUT2D eigenvalue weighted by Gasteiger charge is -2.09. The SMILES string of the molecule is CCNC(=O)c1ccc(-n2nnc(C(=O)NCc3cccc(Cl)c3)c2CSC)cc1. The Bertz CT molecular complexity index is 1040. The molecule has 3 aromatic rings. The van der Waals surface area contributed by atoms with Gasteiger partial charge < -0.3 is 10.6 Å². The van der Waals surface area contributed by atoms with Crippen molar-refractivity contribution in [3.63, 3.8) is 0 Å². The third kappa shape index (κ3) is 5.20. The van der Waals surface area contributed by atoms with E-state index in [0.29, 0.717) is 35.1 Å². The summed E-state index contributed by atoms with van der Waals surface area (Å²) in [5.74, 6) is 0.127. The number of carbonyl (C=O) groups excluding carboxylic acids is 2. The summed E-state index contributed by atoms with van der Waals surface area (Å²) in [6, 6.07) is 14.3. The van der Waals surface area contributed by atoms with Crippen LogP contribution in [0.2, 0.25) is 5.02 Å². The molecule has 156 valence electrons. The minimum Gasteiger partial charge on any atom is -0.352 e.